The van der Waals surface area contributed by atoms with Crippen LogP contribution in [-0.2, 0) is 11.3 Å². The molecule has 2 atom stereocenters. The summed E-state index contributed by atoms with van der Waals surface area (Å²) >= 11 is 6.48. The zero-order valence-electron chi connectivity index (χ0n) is 20.0. The molecule has 3 aromatic rings. The molecule has 188 valence electrons. The molecular weight excluding hydrogens is 495 g/mol. The molecule has 8 nitrogen and oxygen atoms in total. The van der Waals surface area contributed by atoms with E-state index in [1.807, 2.05) is 0 Å². The Hall–Kier alpha value is -3.98. The van der Waals surface area contributed by atoms with Crippen molar-refractivity contribution < 1.29 is 14.0 Å². The lowest BCUT2D eigenvalue weighted by atomic mass is 9.95. The summed E-state index contributed by atoms with van der Waals surface area (Å²) in [6.07, 6.45) is 2.75. The number of anilines is 3. The van der Waals surface area contributed by atoms with Crippen LogP contribution in [0.1, 0.15) is 30.4 Å². The Bertz CT molecular complexity index is 1510. The molecule has 10 heteroatoms. The summed E-state index contributed by atoms with van der Waals surface area (Å²) in [5.74, 6) is 0.0898. The van der Waals surface area contributed by atoms with Crippen LogP contribution in [0.4, 0.5) is 26.6 Å². The number of nitrogens with two attached hydrogens (primary N) is 1. The molecule has 2 heterocycles. The van der Waals surface area contributed by atoms with Crippen molar-refractivity contribution in [1.82, 2.24) is 15.3 Å². The third kappa shape index (κ3) is 3.90. The monoisotopic (exact) mass is 518 g/mol. The van der Waals surface area contributed by atoms with Crippen molar-refractivity contribution in [2.45, 2.75) is 32.7 Å². The zero-order chi connectivity index (χ0) is 25.8. The van der Waals surface area contributed by atoms with E-state index in [-0.39, 0.29) is 36.2 Å². The fourth-order valence-corrected chi connectivity index (χ4v) is 5.98. The Balaban J connectivity index is 1.56. The summed E-state index contributed by atoms with van der Waals surface area (Å²) < 4.78 is 14.0. The Labute approximate surface area is 217 Å². The van der Waals surface area contributed by atoms with Crippen molar-refractivity contribution in [3.05, 3.63) is 75.7 Å². The Morgan fingerprint density at radius 1 is 1.19 bits per heavy atom. The highest BCUT2D eigenvalue weighted by atomic mass is 35.5. The van der Waals surface area contributed by atoms with Gasteiger partial charge in [0.2, 0.25) is 11.9 Å². The Morgan fingerprint density at radius 3 is 2.73 bits per heavy atom. The number of allylic oxidation sites excluding steroid dienone is 1. The minimum Gasteiger partial charge on any atom is -0.366 e. The number of benzene rings is 2. The van der Waals surface area contributed by atoms with Gasteiger partial charge in [0.1, 0.15) is 5.82 Å². The van der Waals surface area contributed by atoms with Gasteiger partial charge in [-0.05, 0) is 68.0 Å². The van der Waals surface area contributed by atoms with Gasteiger partial charge in [-0.2, -0.15) is 4.98 Å². The van der Waals surface area contributed by atoms with Crippen LogP contribution in [0, 0.1) is 24.6 Å². The molecule has 2 aliphatic carbocycles. The smallest absolute Gasteiger partial charge is 0.328 e. The van der Waals surface area contributed by atoms with Crippen molar-refractivity contribution in [3.63, 3.8) is 0 Å². The number of aromatic nitrogens is 2. The highest BCUT2D eigenvalue weighted by Crippen LogP contribution is 2.48. The molecule has 1 saturated carbocycles. The molecule has 0 spiro atoms. The summed E-state index contributed by atoms with van der Waals surface area (Å²) in [5, 5.41) is 6.54. The number of nitrogens with zero attached hydrogens (tertiary/aromatic N) is 3. The third-order valence-electron chi connectivity index (χ3n) is 7.40. The van der Waals surface area contributed by atoms with Crippen LogP contribution >= 0.6 is 11.6 Å². The number of rotatable bonds is 5. The standard InChI is InChI=1S/C27H24ClFN6O2/c1-13-10-16(29)8-9-17(13)23-18-12-31-27(37)35(20-5-3-2-4-19(20)28)25(18)34-26(33-23)32-22-15-7-6-14(11-15)21(22)24(30)36/h2-5,8-10,14-15H,6-7,11-12H2,1H3,(H2,30,36)(H,31,37)(H,32,33,34). The maximum atomic E-state index is 14.0. The lowest BCUT2D eigenvalue weighted by molar-refractivity contribution is -0.115. The number of halogens is 2. The van der Waals surface area contributed by atoms with Gasteiger partial charge >= 0.3 is 6.03 Å². The van der Waals surface area contributed by atoms with Crippen molar-refractivity contribution in [3.8, 4) is 11.3 Å². The zero-order valence-corrected chi connectivity index (χ0v) is 20.8. The van der Waals surface area contributed by atoms with Crippen LogP contribution < -0.4 is 21.3 Å². The number of hydrogen-bond donors (Lipinski definition) is 3. The van der Waals surface area contributed by atoms with E-state index in [2.05, 4.69) is 10.6 Å². The highest BCUT2D eigenvalue weighted by Gasteiger charge is 2.42. The van der Waals surface area contributed by atoms with Crippen molar-refractivity contribution in [2.75, 3.05) is 10.2 Å². The summed E-state index contributed by atoms with van der Waals surface area (Å²) in [6, 6.07) is 11.1. The predicted molar refractivity (Wildman–Crippen MR) is 139 cm³/mol. The average molecular weight is 519 g/mol. The molecule has 1 aromatic heterocycles. The van der Waals surface area contributed by atoms with E-state index in [9.17, 15) is 14.0 Å². The van der Waals surface area contributed by atoms with Crippen LogP contribution in [0.5, 0.6) is 0 Å². The van der Waals surface area contributed by atoms with Gasteiger partial charge in [-0.3, -0.25) is 4.79 Å². The maximum absolute atomic E-state index is 14.0. The van der Waals surface area contributed by atoms with E-state index in [1.54, 1.807) is 37.3 Å². The fourth-order valence-electron chi connectivity index (χ4n) is 5.76. The molecule has 1 aliphatic heterocycles. The summed E-state index contributed by atoms with van der Waals surface area (Å²) in [7, 11) is 0. The summed E-state index contributed by atoms with van der Waals surface area (Å²) in [4.78, 5) is 36.4. The molecule has 6 rings (SSSR count). The topological polar surface area (TPSA) is 113 Å². The second-order valence-corrected chi connectivity index (χ2v) is 10.0. The number of urea groups is 1. The molecule has 0 saturated heterocycles. The second kappa shape index (κ2) is 8.85. The first-order valence-electron chi connectivity index (χ1n) is 12.1. The van der Waals surface area contributed by atoms with E-state index in [0.717, 1.165) is 25.0 Å². The van der Waals surface area contributed by atoms with E-state index in [0.29, 0.717) is 44.5 Å². The van der Waals surface area contributed by atoms with E-state index in [4.69, 9.17) is 27.3 Å². The van der Waals surface area contributed by atoms with Gasteiger partial charge < -0.3 is 16.4 Å². The number of hydrogen-bond acceptors (Lipinski definition) is 5. The van der Waals surface area contributed by atoms with Gasteiger partial charge in [-0.1, -0.05) is 23.7 Å². The van der Waals surface area contributed by atoms with Gasteiger partial charge in [0, 0.05) is 28.3 Å². The Morgan fingerprint density at radius 2 is 1.97 bits per heavy atom. The molecule has 0 radical (unpaired) electrons. The number of nitrogens with one attached hydrogen (secondary N) is 2. The molecular formula is C27H24ClFN6O2. The molecule has 37 heavy (non-hydrogen) atoms. The minimum absolute atomic E-state index is 0.131. The SMILES string of the molecule is Cc1cc(F)ccc1-c1nc(NC2=C(C(N)=O)C3CCC2C3)nc2c1CNC(=O)N2c1ccccc1Cl. The van der Waals surface area contributed by atoms with Crippen LogP contribution in [0.15, 0.2) is 53.7 Å². The number of primary amides is 1. The second-order valence-electron chi connectivity index (χ2n) is 9.63. The van der Waals surface area contributed by atoms with Gasteiger partial charge in [-0.25, -0.2) is 19.1 Å². The Kier molecular flexibility index (Phi) is 5.60. The van der Waals surface area contributed by atoms with E-state index < -0.39 is 5.91 Å². The fraction of sp³-hybridized carbons (Fsp3) is 0.259. The highest BCUT2D eigenvalue weighted by molar-refractivity contribution is 6.34. The van der Waals surface area contributed by atoms with Crippen LogP contribution in [0.25, 0.3) is 11.3 Å². The molecule has 1 fully saturated rings. The van der Waals surface area contributed by atoms with E-state index in [1.165, 1.54) is 17.0 Å². The van der Waals surface area contributed by atoms with Crippen molar-refractivity contribution in [2.24, 2.45) is 17.6 Å². The quantitative estimate of drug-likeness (QED) is 0.430. The van der Waals surface area contributed by atoms with Crippen LogP contribution in [0.2, 0.25) is 5.02 Å². The normalized spacial score (nSPS) is 20.2. The molecule has 2 aromatic carbocycles. The summed E-state index contributed by atoms with van der Waals surface area (Å²) in [6.45, 7) is 1.98. The number of carbonyl (C=O) groups is 2. The number of fused-ring (bicyclic) bond motifs is 3. The first-order valence-corrected chi connectivity index (χ1v) is 12.5. The van der Waals surface area contributed by atoms with Crippen LogP contribution in [-0.4, -0.2) is 21.9 Å². The van der Waals surface area contributed by atoms with Gasteiger partial charge in [0.05, 0.1) is 22.9 Å². The molecule has 3 aliphatic rings. The number of para-hydroxylation sites is 1. The molecule has 4 N–H and O–H groups in total. The molecule has 3 amide bonds. The van der Waals surface area contributed by atoms with Gasteiger partial charge in [0.25, 0.3) is 0 Å². The maximum Gasteiger partial charge on any atom is 0.328 e. The molecule has 2 unspecified atom stereocenters. The number of aryl methyl sites for hydroxylation is 1. The van der Waals surface area contributed by atoms with E-state index >= 15 is 0 Å². The number of amides is 3. The van der Waals surface area contributed by atoms with Gasteiger partial charge in [0.15, 0.2) is 5.82 Å². The molecule has 2 bridgehead atoms. The lowest BCUT2D eigenvalue weighted by Crippen LogP contribution is -2.42. The summed E-state index contributed by atoms with van der Waals surface area (Å²) in [5.41, 5.74) is 10.1. The van der Waals surface area contributed by atoms with Crippen molar-refractivity contribution in [1.29, 1.82) is 0 Å². The minimum atomic E-state index is -0.445. The average Bonchev–Trinajstić information content (AvgIpc) is 3.46. The lowest BCUT2D eigenvalue weighted by Gasteiger charge is -2.31. The number of carbonyl (C=O) groups excluding carboxylic acids is 2. The first-order chi connectivity index (χ1) is 17.8. The van der Waals surface area contributed by atoms with Crippen LogP contribution in [0.3, 0.4) is 0 Å². The first kappa shape index (κ1) is 23.4. The predicted octanol–water partition coefficient (Wildman–Crippen LogP) is 5.19. The van der Waals surface area contributed by atoms with Crippen molar-refractivity contribution >= 4 is 41.0 Å². The third-order valence-corrected chi connectivity index (χ3v) is 7.72. The largest absolute Gasteiger partial charge is 0.366 e. The van der Waals surface area contributed by atoms with Gasteiger partial charge in [-0.15, -0.1) is 0 Å².